The van der Waals surface area contributed by atoms with Crippen molar-refractivity contribution in [3.05, 3.63) is 11.0 Å². The number of aromatic nitrogens is 4. The molecular weight excluding hydrogens is 214 g/mol. The Morgan fingerprint density at radius 3 is 2.40 bits per heavy atom. The molecular formula is C8H15N5OS. The van der Waals surface area contributed by atoms with Crippen LogP contribution in [0.1, 0.15) is 13.8 Å². The molecule has 0 saturated heterocycles. The third-order valence-electron chi connectivity index (χ3n) is 1.40. The number of fused-ring (bicyclic) bond motifs is 1. The van der Waals surface area contributed by atoms with Crippen molar-refractivity contribution in [1.29, 1.82) is 0 Å². The molecule has 15 heavy (non-hydrogen) atoms. The number of rotatable bonds is 0. The molecule has 2 aromatic rings. The molecule has 2 aromatic heterocycles. The van der Waals surface area contributed by atoms with Crippen molar-refractivity contribution in [3.8, 4) is 0 Å². The number of aliphatic hydroxyl groups is 1. The molecule has 0 spiro atoms. The lowest BCUT2D eigenvalue weighted by molar-refractivity contribution is 0.399. The van der Waals surface area contributed by atoms with Crippen LogP contribution in [0.4, 0.5) is 5.82 Å². The lowest BCUT2D eigenvalue weighted by atomic mass is 10.4. The van der Waals surface area contributed by atoms with E-state index in [4.69, 9.17) is 23.1 Å². The van der Waals surface area contributed by atoms with E-state index in [1.54, 1.807) is 0 Å². The zero-order chi connectivity index (χ0) is 11.8. The fourth-order valence-corrected chi connectivity index (χ4v) is 1.15. The van der Waals surface area contributed by atoms with Crippen LogP contribution < -0.4 is 5.73 Å². The molecule has 2 rings (SSSR count). The van der Waals surface area contributed by atoms with Crippen LogP contribution in [0.5, 0.6) is 0 Å². The number of nitrogens with zero attached hydrogens (tertiary/aromatic N) is 2. The number of hydrogen-bond donors (Lipinski definition) is 4. The molecule has 0 fully saturated rings. The monoisotopic (exact) mass is 229 g/mol. The summed E-state index contributed by atoms with van der Waals surface area (Å²) in [4.78, 5) is 7.72. The summed E-state index contributed by atoms with van der Waals surface area (Å²) in [6.07, 6.45) is 1.39. The highest BCUT2D eigenvalue weighted by Crippen LogP contribution is 2.13. The fraction of sp³-hybridized carbons (Fsp3) is 0.375. The minimum Gasteiger partial charge on any atom is -0.400 e. The average Bonchev–Trinajstić information content (AvgIpc) is 2.68. The second-order valence-electron chi connectivity index (χ2n) is 2.06. The third-order valence-corrected chi connectivity index (χ3v) is 1.70. The molecule has 0 saturated carbocycles. The number of hydrogen-bond acceptors (Lipinski definition) is 5. The van der Waals surface area contributed by atoms with E-state index in [2.05, 4.69) is 20.2 Å². The van der Waals surface area contributed by atoms with Gasteiger partial charge in [0.15, 0.2) is 5.65 Å². The summed E-state index contributed by atoms with van der Waals surface area (Å²) in [7, 11) is 1.00. The molecule has 0 radical (unpaired) electrons. The van der Waals surface area contributed by atoms with E-state index in [0.29, 0.717) is 21.5 Å². The van der Waals surface area contributed by atoms with Crippen LogP contribution in [-0.2, 0) is 0 Å². The molecule has 0 bridgehead atoms. The van der Waals surface area contributed by atoms with Crippen molar-refractivity contribution in [3.63, 3.8) is 0 Å². The first-order chi connectivity index (χ1) is 7.29. The van der Waals surface area contributed by atoms with E-state index >= 15 is 0 Å². The van der Waals surface area contributed by atoms with Gasteiger partial charge < -0.3 is 10.8 Å². The number of nitrogens with one attached hydrogen (secondary N) is 2. The summed E-state index contributed by atoms with van der Waals surface area (Å²) in [5.41, 5.74) is 6.18. The topological polar surface area (TPSA) is 104 Å². The Bertz CT molecular complexity index is 449. The van der Waals surface area contributed by atoms with Gasteiger partial charge in [0.2, 0.25) is 0 Å². The van der Waals surface area contributed by atoms with Gasteiger partial charge in [-0.3, -0.25) is 10.2 Å². The van der Waals surface area contributed by atoms with Gasteiger partial charge in [-0.1, -0.05) is 26.1 Å². The van der Waals surface area contributed by atoms with E-state index in [-0.39, 0.29) is 0 Å². The van der Waals surface area contributed by atoms with Crippen molar-refractivity contribution in [1.82, 2.24) is 20.2 Å². The minimum absolute atomic E-state index is 0.400. The van der Waals surface area contributed by atoms with Crippen molar-refractivity contribution >= 4 is 29.1 Å². The molecule has 0 aliphatic carbocycles. The number of aliphatic hydroxyl groups excluding tert-OH is 1. The SMILES string of the molecule is CC.CO.Nc1ncnc2[nH][nH]c(=S)c12. The zero-order valence-electron chi connectivity index (χ0n) is 8.90. The van der Waals surface area contributed by atoms with E-state index in [1.807, 2.05) is 13.8 Å². The molecule has 0 aliphatic rings. The lowest BCUT2D eigenvalue weighted by Crippen LogP contribution is -1.91. The van der Waals surface area contributed by atoms with Gasteiger partial charge in [-0.25, -0.2) is 9.97 Å². The maximum Gasteiger partial charge on any atom is 0.160 e. The Kier molecular flexibility index (Phi) is 6.23. The van der Waals surface area contributed by atoms with Crippen molar-refractivity contribution in [2.24, 2.45) is 0 Å². The highest BCUT2D eigenvalue weighted by atomic mass is 32.1. The maximum atomic E-state index is 7.00. The van der Waals surface area contributed by atoms with Crippen LogP contribution in [0.25, 0.3) is 11.0 Å². The molecule has 84 valence electrons. The van der Waals surface area contributed by atoms with Gasteiger partial charge in [0.05, 0.1) is 5.39 Å². The molecule has 7 heteroatoms. The number of aromatic amines is 2. The summed E-state index contributed by atoms with van der Waals surface area (Å²) in [5.74, 6) is 0.400. The first-order valence-electron chi connectivity index (χ1n) is 4.40. The van der Waals surface area contributed by atoms with E-state index < -0.39 is 0 Å². The van der Waals surface area contributed by atoms with Gasteiger partial charge in [-0.05, 0) is 0 Å². The normalized spacial score (nSPS) is 8.53. The molecule has 0 amide bonds. The van der Waals surface area contributed by atoms with Gasteiger partial charge in [0.1, 0.15) is 16.8 Å². The van der Waals surface area contributed by atoms with Crippen LogP contribution in [0.3, 0.4) is 0 Å². The van der Waals surface area contributed by atoms with Crippen LogP contribution >= 0.6 is 12.2 Å². The lowest BCUT2D eigenvalue weighted by Gasteiger charge is -1.89. The van der Waals surface area contributed by atoms with Crippen LogP contribution in [-0.4, -0.2) is 32.4 Å². The van der Waals surface area contributed by atoms with Crippen molar-refractivity contribution < 1.29 is 5.11 Å². The summed E-state index contributed by atoms with van der Waals surface area (Å²) < 4.78 is 0.540. The Balaban J connectivity index is 0.000000442. The standard InChI is InChI=1S/C5H5N5S.C2H6.CH4O/c6-3-2-4(8-1-7-3)9-10-5(2)11;2*1-2/h1H,(H4,6,7,8,9,10,11);1-2H3;2H,1H3. The summed E-state index contributed by atoms with van der Waals surface area (Å²) in [6, 6.07) is 0. The Morgan fingerprint density at radius 2 is 1.87 bits per heavy atom. The summed E-state index contributed by atoms with van der Waals surface area (Å²) >= 11 is 4.93. The summed E-state index contributed by atoms with van der Waals surface area (Å²) in [5, 5.41) is 13.2. The molecule has 5 N–H and O–H groups in total. The van der Waals surface area contributed by atoms with Crippen molar-refractivity contribution in [2.45, 2.75) is 13.8 Å². The molecule has 6 nitrogen and oxygen atoms in total. The van der Waals surface area contributed by atoms with Gasteiger partial charge in [-0.2, -0.15) is 0 Å². The first kappa shape index (κ1) is 13.5. The van der Waals surface area contributed by atoms with Crippen LogP contribution in [0.2, 0.25) is 0 Å². The quantitative estimate of drug-likeness (QED) is 0.509. The van der Waals surface area contributed by atoms with Gasteiger partial charge in [-0.15, -0.1) is 0 Å². The highest BCUT2D eigenvalue weighted by molar-refractivity contribution is 7.71. The highest BCUT2D eigenvalue weighted by Gasteiger charge is 2.02. The Morgan fingerprint density at radius 1 is 1.27 bits per heavy atom. The second kappa shape index (κ2) is 6.91. The van der Waals surface area contributed by atoms with Gasteiger partial charge in [0.25, 0.3) is 0 Å². The first-order valence-corrected chi connectivity index (χ1v) is 4.81. The third kappa shape index (κ3) is 3.00. The maximum absolute atomic E-state index is 7.00. The van der Waals surface area contributed by atoms with E-state index in [9.17, 15) is 0 Å². The number of H-pyrrole nitrogens is 2. The van der Waals surface area contributed by atoms with Gasteiger partial charge in [0, 0.05) is 7.11 Å². The van der Waals surface area contributed by atoms with Crippen LogP contribution in [0, 0.1) is 4.64 Å². The van der Waals surface area contributed by atoms with Crippen molar-refractivity contribution in [2.75, 3.05) is 12.8 Å². The van der Waals surface area contributed by atoms with Gasteiger partial charge >= 0.3 is 0 Å². The fourth-order valence-electron chi connectivity index (χ4n) is 0.896. The smallest absolute Gasteiger partial charge is 0.160 e. The minimum atomic E-state index is 0.400. The Labute approximate surface area is 92.5 Å². The molecule has 0 aliphatic heterocycles. The predicted octanol–water partition coefficient (Wildman–Crippen LogP) is 1.23. The van der Waals surface area contributed by atoms with Crippen LogP contribution in [0.15, 0.2) is 6.33 Å². The van der Waals surface area contributed by atoms with E-state index in [1.165, 1.54) is 6.33 Å². The zero-order valence-corrected chi connectivity index (χ0v) is 9.72. The predicted molar refractivity (Wildman–Crippen MR) is 63.0 cm³/mol. The second-order valence-corrected chi connectivity index (χ2v) is 2.47. The Hall–Kier alpha value is -1.47. The van der Waals surface area contributed by atoms with E-state index in [0.717, 1.165) is 7.11 Å². The summed E-state index contributed by atoms with van der Waals surface area (Å²) in [6.45, 7) is 4.00. The molecule has 0 aromatic carbocycles. The molecule has 0 atom stereocenters. The number of nitrogens with two attached hydrogens (primary N) is 1. The number of nitrogen functional groups attached to an aromatic ring is 1. The largest absolute Gasteiger partial charge is 0.400 e. The molecule has 2 heterocycles. The number of anilines is 1. The average molecular weight is 229 g/mol. The molecule has 0 unspecified atom stereocenters.